The van der Waals surface area contributed by atoms with Gasteiger partial charge in [0.2, 0.25) is 5.91 Å². The number of carbonyl (C=O) groups excluding carboxylic acids is 1. The number of carbonyl (C=O) groups is 1. The van der Waals surface area contributed by atoms with Crippen molar-refractivity contribution in [1.82, 2.24) is 5.32 Å². The van der Waals surface area contributed by atoms with Gasteiger partial charge < -0.3 is 28.8 Å². The predicted octanol–water partition coefficient (Wildman–Crippen LogP) is 14.7. The van der Waals surface area contributed by atoms with Crippen LogP contribution in [-0.4, -0.2) is 68.5 Å². The number of phosphoric ester groups is 1. The quantitative estimate of drug-likeness (QED) is 0.0273. The van der Waals surface area contributed by atoms with Gasteiger partial charge in [-0.3, -0.25) is 9.36 Å². The van der Waals surface area contributed by atoms with Crippen molar-refractivity contribution in [2.24, 2.45) is 0 Å². The molecule has 0 aromatic heterocycles. The molecule has 0 aromatic carbocycles. The minimum absolute atomic E-state index is 0.00177. The van der Waals surface area contributed by atoms with Crippen LogP contribution in [0, 0.1) is 0 Å². The van der Waals surface area contributed by atoms with Crippen molar-refractivity contribution >= 4 is 13.7 Å². The number of aliphatic hydroxyl groups excluding tert-OH is 1. The van der Waals surface area contributed by atoms with Crippen LogP contribution >= 0.6 is 7.82 Å². The fraction of sp³-hybridized carbons (Fsp3) is 0.796. The summed E-state index contributed by atoms with van der Waals surface area (Å²) >= 11 is 0. The highest BCUT2D eigenvalue weighted by molar-refractivity contribution is 7.45. The first kappa shape index (κ1) is 61.2. The smallest absolute Gasteiger partial charge is 0.268 e. The number of nitrogens with one attached hydrogen (secondary N) is 1. The number of amides is 1. The molecule has 1 amide bonds. The highest BCUT2D eigenvalue weighted by Crippen LogP contribution is 2.38. The first-order valence-corrected chi connectivity index (χ1v) is 27.6. The van der Waals surface area contributed by atoms with E-state index in [0.717, 1.165) is 64.2 Å². The standard InChI is InChI=1S/C54H101N2O6P/c1-6-8-10-12-14-16-18-20-21-22-23-24-25-26-27-28-29-30-31-32-33-34-35-36-38-40-42-44-46-48-54(58)55-52(51-62-63(59,60)61-50-49-56(3,4)5)53(57)47-45-43-41-39-37-19-17-15-13-11-9-7-2/h8,10,14,16,20-21,23-24,45,47,52-53,57H,6-7,9,11-13,15,17-19,22,25-44,46,48-51H2,1-5H3,(H-,55,58,59,60)/b10-8-,16-14-,21-20-,24-23-,47-45+. The number of aliphatic hydroxyl groups is 1. The minimum Gasteiger partial charge on any atom is -0.756 e. The van der Waals surface area contributed by atoms with Crippen LogP contribution in [-0.2, 0) is 18.4 Å². The fourth-order valence-electron chi connectivity index (χ4n) is 7.38. The highest BCUT2D eigenvalue weighted by atomic mass is 31.2. The summed E-state index contributed by atoms with van der Waals surface area (Å²) in [5.74, 6) is -0.199. The topological polar surface area (TPSA) is 108 Å². The van der Waals surface area contributed by atoms with Crippen molar-refractivity contribution in [3.05, 3.63) is 60.8 Å². The zero-order chi connectivity index (χ0) is 46.4. The van der Waals surface area contributed by atoms with Gasteiger partial charge in [-0.2, -0.15) is 0 Å². The number of quaternary nitrogens is 1. The minimum atomic E-state index is -4.59. The van der Waals surface area contributed by atoms with E-state index < -0.39 is 20.0 Å². The Morgan fingerprint density at radius 2 is 0.968 bits per heavy atom. The van der Waals surface area contributed by atoms with Crippen LogP contribution in [0.4, 0.5) is 0 Å². The van der Waals surface area contributed by atoms with Gasteiger partial charge in [-0.25, -0.2) is 0 Å². The summed E-state index contributed by atoms with van der Waals surface area (Å²) in [4.78, 5) is 25.4. The molecule has 9 heteroatoms. The van der Waals surface area contributed by atoms with Crippen LogP contribution in [0.5, 0.6) is 0 Å². The van der Waals surface area contributed by atoms with Gasteiger partial charge in [-0.1, -0.05) is 222 Å². The average molecular weight is 905 g/mol. The maximum Gasteiger partial charge on any atom is 0.268 e. The van der Waals surface area contributed by atoms with E-state index in [0.29, 0.717) is 17.4 Å². The number of hydrogen-bond donors (Lipinski definition) is 2. The van der Waals surface area contributed by atoms with Gasteiger partial charge in [0.1, 0.15) is 13.2 Å². The lowest BCUT2D eigenvalue weighted by atomic mass is 10.0. The number of nitrogens with zero attached hydrogens (tertiary/aromatic N) is 1. The molecule has 0 aliphatic heterocycles. The van der Waals surface area contributed by atoms with Gasteiger partial charge in [0.05, 0.1) is 39.9 Å². The number of rotatable bonds is 47. The molecular formula is C54H101N2O6P. The molecule has 0 radical (unpaired) electrons. The molecular weight excluding hydrogens is 804 g/mol. The lowest BCUT2D eigenvalue weighted by Crippen LogP contribution is -2.45. The Morgan fingerprint density at radius 1 is 0.571 bits per heavy atom. The summed E-state index contributed by atoms with van der Waals surface area (Å²) < 4.78 is 23.2. The van der Waals surface area contributed by atoms with E-state index in [2.05, 4.69) is 67.8 Å². The average Bonchev–Trinajstić information content (AvgIpc) is 3.24. The molecule has 368 valence electrons. The van der Waals surface area contributed by atoms with Crippen molar-refractivity contribution < 1.29 is 32.9 Å². The van der Waals surface area contributed by atoms with Crippen molar-refractivity contribution in [2.75, 3.05) is 40.9 Å². The van der Waals surface area contributed by atoms with Crippen LogP contribution in [0.15, 0.2) is 60.8 Å². The van der Waals surface area contributed by atoms with E-state index in [1.54, 1.807) is 6.08 Å². The third-order valence-electron chi connectivity index (χ3n) is 11.5. The summed E-state index contributed by atoms with van der Waals surface area (Å²) in [6, 6.07) is -0.886. The van der Waals surface area contributed by atoms with E-state index in [4.69, 9.17) is 9.05 Å². The van der Waals surface area contributed by atoms with Crippen LogP contribution in [0.1, 0.15) is 226 Å². The Bertz CT molecular complexity index is 1210. The highest BCUT2D eigenvalue weighted by Gasteiger charge is 2.23. The molecule has 8 nitrogen and oxygen atoms in total. The number of allylic oxidation sites excluding steroid dienone is 9. The Labute approximate surface area is 390 Å². The van der Waals surface area contributed by atoms with Gasteiger partial charge in [0, 0.05) is 6.42 Å². The fourth-order valence-corrected chi connectivity index (χ4v) is 8.10. The van der Waals surface area contributed by atoms with Crippen molar-refractivity contribution in [1.29, 1.82) is 0 Å². The first-order chi connectivity index (χ1) is 30.5. The first-order valence-electron chi connectivity index (χ1n) is 26.2. The van der Waals surface area contributed by atoms with Gasteiger partial charge in [0.15, 0.2) is 0 Å². The zero-order valence-electron chi connectivity index (χ0n) is 41.8. The second-order valence-electron chi connectivity index (χ2n) is 18.9. The van der Waals surface area contributed by atoms with Crippen LogP contribution in [0.25, 0.3) is 0 Å². The molecule has 0 spiro atoms. The number of hydrogen-bond acceptors (Lipinski definition) is 6. The number of likely N-dealkylation sites (N-methyl/N-ethyl adjacent to an activating group) is 1. The second-order valence-corrected chi connectivity index (χ2v) is 20.3. The molecule has 0 aliphatic rings. The normalized spacial score (nSPS) is 14.6. The molecule has 0 bridgehead atoms. The van der Waals surface area contributed by atoms with Gasteiger partial charge in [-0.05, 0) is 57.8 Å². The molecule has 0 fully saturated rings. The van der Waals surface area contributed by atoms with E-state index in [1.807, 2.05) is 27.2 Å². The molecule has 2 N–H and O–H groups in total. The number of unbranched alkanes of at least 4 members (excludes halogenated alkanes) is 26. The van der Waals surface area contributed by atoms with E-state index in [1.165, 1.54) is 141 Å². The zero-order valence-corrected chi connectivity index (χ0v) is 42.7. The molecule has 0 aliphatic carbocycles. The van der Waals surface area contributed by atoms with E-state index >= 15 is 0 Å². The molecule has 0 heterocycles. The molecule has 3 atom stereocenters. The Kier molecular flexibility index (Phi) is 44.1. The molecule has 0 aromatic rings. The van der Waals surface area contributed by atoms with Crippen LogP contribution in [0.2, 0.25) is 0 Å². The van der Waals surface area contributed by atoms with E-state index in [-0.39, 0.29) is 19.1 Å². The summed E-state index contributed by atoms with van der Waals surface area (Å²) in [7, 11) is 1.26. The Morgan fingerprint density at radius 3 is 1.41 bits per heavy atom. The van der Waals surface area contributed by atoms with Gasteiger partial charge >= 0.3 is 0 Å². The summed E-state index contributed by atoms with van der Waals surface area (Å²) in [5, 5.41) is 13.8. The molecule has 0 saturated heterocycles. The van der Waals surface area contributed by atoms with E-state index in [9.17, 15) is 19.4 Å². The summed E-state index contributed by atoms with van der Waals surface area (Å²) in [6.45, 7) is 4.53. The summed E-state index contributed by atoms with van der Waals surface area (Å²) in [6.07, 6.45) is 60.0. The van der Waals surface area contributed by atoms with Crippen molar-refractivity contribution in [2.45, 2.75) is 238 Å². The molecule has 0 saturated carbocycles. The van der Waals surface area contributed by atoms with Gasteiger partial charge in [0.25, 0.3) is 7.82 Å². The molecule has 3 unspecified atom stereocenters. The maximum absolute atomic E-state index is 12.9. The molecule has 63 heavy (non-hydrogen) atoms. The Hall–Kier alpha value is -1.80. The molecule has 0 rings (SSSR count). The van der Waals surface area contributed by atoms with Crippen molar-refractivity contribution in [3.8, 4) is 0 Å². The lowest BCUT2D eigenvalue weighted by molar-refractivity contribution is -0.870. The predicted molar refractivity (Wildman–Crippen MR) is 270 cm³/mol. The number of phosphoric acid groups is 1. The third kappa shape index (κ3) is 48.0. The SMILES string of the molecule is CC/C=C\C/C=C\C/C=C\C/C=C\CCCCCCCCCCCCCCCCCCC(=O)NC(COP(=O)([O-])OCC[N+](C)(C)C)C(O)/C=C/CCCCCCCCCCCC. The Balaban J connectivity index is 4.11. The summed E-state index contributed by atoms with van der Waals surface area (Å²) in [5.41, 5.74) is 0. The third-order valence-corrected chi connectivity index (χ3v) is 12.4. The van der Waals surface area contributed by atoms with Crippen LogP contribution < -0.4 is 10.2 Å². The maximum atomic E-state index is 12.9. The van der Waals surface area contributed by atoms with Gasteiger partial charge in [-0.15, -0.1) is 0 Å². The lowest BCUT2D eigenvalue weighted by Gasteiger charge is -2.29. The monoisotopic (exact) mass is 905 g/mol. The van der Waals surface area contributed by atoms with Crippen LogP contribution in [0.3, 0.4) is 0 Å². The second kappa shape index (κ2) is 45.4. The van der Waals surface area contributed by atoms with Crippen molar-refractivity contribution in [3.63, 3.8) is 0 Å². The largest absolute Gasteiger partial charge is 0.756 e.